The maximum atomic E-state index is 13.3. The number of alkyl halides is 3. The molecule has 0 fully saturated rings. The third-order valence-electron chi connectivity index (χ3n) is 3.88. The van der Waals surface area contributed by atoms with Crippen molar-refractivity contribution in [1.82, 2.24) is 9.47 Å². The third-order valence-corrected chi connectivity index (χ3v) is 3.88. The Morgan fingerprint density at radius 3 is 2.36 bits per heavy atom. The lowest BCUT2D eigenvalue weighted by Gasteiger charge is -2.22. The van der Waals surface area contributed by atoms with Crippen molar-refractivity contribution in [2.45, 2.75) is 45.3 Å². The number of nitrogens with zero attached hydrogens (tertiary/aromatic N) is 2. The summed E-state index contributed by atoms with van der Waals surface area (Å²) in [4.78, 5) is 25.8. The quantitative estimate of drug-likeness (QED) is 0.773. The molecule has 0 saturated carbocycles. The van der Waals surface area contributed by atoms with E-state index in [9.17, 15) is 22.8 Å². The molecule has 25 heavy (non-hydrogen) atoms. The van der Waals surface area contributed by atoms with E-state index in [1.165, 1.54) is 0 Å². The molecule has 0 aliphatic rings. The molecule has 1 aromatic heterocycles. The standard InChI is InChI=1S/C17H26F3N3O2/c1-11(2)8-14(16(21)25)23-10-12(6-5-7-22(3)4)13(9-15(23)24)17(18,19)20/h9-11,14H,5-8H2,1-4H3,(H2,21,25). The van der Waals surface area contributed by atoms with Gasteiger partial charge < -0.3 is 15.2 Å². The van der Waals surface area contributed by atoms with Gasteiger partial charge in [0.25, 0.3) is 5.56 Å². The van der Waals surface area contributed by atoms with E-state index in [1.54, 1.807) is 0 Å². The molecule has 8 heteroatoms. The number of carbonyl (C=O) groups excluding carboxylic acids is 1. The second kappa shape index (κ2) is 8.51. The molecule has 1 heterocycles. The predicted molar refractivity (Wildman–Crippen MR) is 90.3 cm³/mol. The summed E-state index contributed by atoms with van der Waals surface area (Å²) in [5.41, 5.74) is 3.56. The zero-order valence-corrected chi connectivity index (χ0v) is 15.1. The summed E-state index contributed by atoms with van der Waals surface area (Å²) in [6.07, 6.45) is -2.53. The van der Waals surface area contributed by atoms with E-state index in [0.29, 0.717) is 19.0 Å². The van der Waals surface area contributed by atoms with Gasteiger partial charge in [-0.25, -0.2) is 0 Å². The highest BCUT2D eigenvalue weighted by atomic mass is 19.4. The molecular weight excluding hydrogens is 335 g/mol. The van der Waals surface area contributed by atoms with Crippen molar-refractivity contribution in [3.05, 3.63) is 33.7 Å². The Kier molecular flexibility index (Phi) is 7.22. The molecule has 1 aromatic rings. The molecule has 2 N–H and O–H groups in total. The number of nitrogens with two attached hydrogens (primary N) is 1. The first kappa shape index (κ1) is 21.2. The number of hydrogen-bond acceptors (Lipinski definition) is 3. The molecule has 5 nitrogen and oxygen atoms in total. The number of amides is 1. The minimum absolute atomic E-state index is 0.00366. The van der Waals surface area contributed by atoms with Crippen LogP contribution in [0.2, 0.25) is 0 Å². The van der Waals surface area contributed by atoms with Gasteiger partial charge in [0.1, 0.15) is 6.04 Å². The van der Waals surface area contributed by atoms with Crippen molar-refractivity contribution >= 4 is 5.91 Å². The Bertz CT molecular complexity index is 652. The minimum atomic E-state index is -4.62. The van der Waals surface area contributed by atoms with Crippen molar-refractivity contribution in [3.8, 4) is 0 Å². The van der Waals surface area contributed by atoms with Gasteiger partial charge in [-0.2, -0.15) is 13.2 Å². The van der Waals surface area contributed by atoms with Crippen molar-refractivity contribution in [3.63, 3.8) is 0 Å². The molecule has 1 rings (SSSR count). The summed E-state index contributed by atoms with van der Waals surface area (Å²) >= 11 is 0. The van der Waals surface area contributed by atoms with Gasteiger partial charge >= 0.3 is 6.18 Å². The van der Waals surface area contributed by atoms with Gasteiger partial charge in [0.05, 0.1) is 5.56 Å². The number of primary amides is 1. The summed E-state index contributed by atoms with van der Waals surface area (Å²) in [6.45, 7) is 4.31. The van der Waals surface area contributed by atoms with Crippen LogP contribution in [-0.2, 0) is 17.4 Å². The summed E-state index contributed by atoms with van der Waals surface area (Å²) in [5, 5.41) is 0. The average molecular weight is 361 g/mol. The van der Waals surface area contributed by atoms with Crippen molar-refractivity contribution < 1.29 is 18.0 Å². The lowest BCUT2D eigenvalue weighted by molar-refractivity contribution is -0.138. The number of aromatic nitrogens is 1. The predicted octanol–water partition coefficient (Wildman–Crippen LogP) is 2.43. The first-order chi connectivity index (χ1) is 11.4. The fourth-order valence-electron chi connectivity index (χ4n) is 2.70. The Morgan fingerprint density at radius 2 is 1.92 bits per heavy atom. The number of pyridine rings is 1. The van der Waals surface area contributed by atoms with Crippen molar-refractivity contribution in [2.24, 2.45) is 11.7 Å². The third kappa shape index (κ3) is 6.19. The number of hydrogen-bond donors (Lipinski definition) is 1. The zero-order chi connectivity index (χ0) is 19.4. The van der Waals surface area contributed by atoms with Crippen LogP contribution in [0.1, 0.15) is 43.9 Å². The molecule has 0 aliphatic heterocycles. The number of halogens is 3. The first-order valence-electron chi connectivity index (χ1n) is 8.19. The number of carbonyl (C=O) groups is 1. The van der Waals surface area contributed by atoms with Crippen LogP contribution in [0.4, 0.5) is 13.2 Å². The SMILES string of the molecule is CC(C)CC(C(N)=O)n1cc(CCCN(C)C)c(C(F)(F)F)cc1=O. The van der Waals surface area contributed by atoms with Gasteiger partial charge in [0.15, 0.2) is 0 Å². The number of rotatable bonds is 8. The molecule has 1 atom stereocenters. The Hall–Kier alpha value is -1.83. The van der Waals surface area contributed by atoms with Crippen LogP contribution in [0.3, 0.4) is 0 Å². The van der Waals surface area contributed by atoms with Gasteiger partial charge in [-0.05, 0) is 51.4 Å². The van der Waals surface area contributed by atoms with E-state index in [2.05, 4.69) is 0 Å². The monoisotopic (exact) mass is 361 g/mol. The first-order valence-corrected chi connectivity index (χ1v) is 8.19. The molecule has 0 aliphatic carbocycles. The van der Waals surface area contributed by atoms with Gasteiger partial charge in [-0.1, -0.05) is 13.8 Å². The van der Waals surface area contributed by atoms with E-state index < -0.39 is 29.2 Å². The highest BCUT2D eigenvalue weighted by Crippen LogP contribution is 2.32. The van der Waals surface area contributed by atoms with Crippen LogP contribution in [0, 0.1) is 5.92 Å². The zero-order valence-electron chi connectivity index (χ0n) is 15.1. The maximum absolute atomic E-state index is 13.3. The van der Waals surface area contributed by atoms with Crippen molar-refractivity contribution in [2.75, 3.05) is 20.6 Å². The molecule has 0 saturated heterocycles. The topological polar surface area (TPSA) is 68.3 Å². The van der Waals surface area contributed by atoms with Crippen LogP contribution < -0.4 is 11.3 Å². The van der Waals surface area contributed by atoms with E-state index in [1.807, 2.05) is 32.8 Å². The molecule has 142 valence electrons. The van der Waals surface area contributed by atoms with Crippen LogP contribution in [-0.4, -0.2) is 36.0 Å². The maximum Gasteiger partial charge on any atom is 0.416 e. The largest absolute Gasteiger partial charge is 0.416 e. The highest BCUT2D eigenvalue weighted by molar-refractivity contribution is 5.78. The summed E-state index contributed by atoms with van der Waals surface area (Å²) in [5.74, 6) is -0.668. The Balaban J connectivity index is 3.35. The summed E-state index contributed by atoms with van der Waals surface area (Å²) < 4.78 is 40.8. The van der Waals surface area contributed by atoms with Gasteiger partial charge in [-0.3, -0.25) is 9.59 Å². The molecule has 0 bridgehead atoms. The van der Waals surface area contributed by atoms with Crippen molar-refractivity contribution in [1.29, 1.82) is 0 Å². The normalized spacial score (nSPS) is 13.5. The van der Waals surface area contributed by atoms with E-state index in [-0.39, 0.29) is 24.3 Å². The summed E-state index contributed by atoms with van der Waals surface area (Å²) in [6, 6.07) is -0.385. The number of aryl methyl sites for hydroxylation is 1. The van der Waals surface area contributed by atoms with Crippen LogP contribution in [0.25, 0.3) is 0 Å². The van der Waals surface area contributed by atoms with Gasteiger partial charge in [0, 0.05) is 12.3 Å². The Morgan fingerprint density at radius 1 is 1.32 bits per heavy atom. The van der Waals surface area contributed by atoms with E-state index in [4.69, 9.17) is 5.73 Å². The molecule has 0 spiro atoms. The van der Waals surface area contributed by atoms with Gasteiger partial charge in [-0.15, -0.1) is 0 Å². The van der Waals surface area contributed by atoms with Crippen LogP contribution >= 0.6 is 0 Å². The minimum Gasteiger partial charge on any atom is -0.368 e. The Labute approximate surface area is 145 Å². The second-order valence-electron chi connectivity index (χ2n) is 6.91. The molecule has 0 radical (unpaired) electrons. The highest BCUT2D eigenvalue weighted by Gasteiger charge is 2.35. The average Bonchev–Trinajstić information content (AvgIpc) is 2.44. The summed E-state index contributed by atoms with van der Waals surface area (Å²) in [7, 11) is 3.66. The lowest BCUT2D eigenvalue weighted by Crippen LogP contribution is -2.35. The van der Waals surface area contributed by atoms with Crippen LogP contribution in [0.5, 0.6) is 0 Å². The van der Waals surface area contributed by atoms with Crippen LogP contribution in [0.15, 0.2) is 17.1 Å². The fourth-order valence-corrected chi connectivity index (χ4v) is 2.70. The molecule has 0 aromatic carbocycles. The molecular formula is C17H26F3N3O2. The molecule has 1 unspecified atom stereocenters. The smallest absolute Gasteiger partial charge is 0.368 e. The van der Waals surface area contributed by atoms with E-state index in [0.717, 1.165) is 10.8 Å². The van der Waals surface area contributed by atoms with Gasteiger partial charge in [0.2, 0.25) is 5.91 Å². The molecule has 1 amide bonds. The second-order valence-corrected chi connectivity index (χ2v) is 6.91. The lowest BCUT2D eigenvalue weighted by atomic mass is 10.0. The van der Waals surface area contributed by atoms with E-state index >= 15 is 0 Å². The fraction of sp³-hybridized carbons (Fsp3) is 0.647.